The van der Waals surface area contributed by atoms with Gasteiger partial charge in [-0.1, -0.05) is 48.5 Å². The van der Waals surface area contributed by atoms with Crippen molar-refractivity contribution in [2.75, 3.05) is 26.6 Å². The van der Waals surface area contributed by atoms with Crippen molar-refractivity contribution in [1.29, 1.82) is 0 Å². The van der Waals surface area contributed by atoms with Gasteiger partial charge in [0.1, 0.15) is 18.0 Å². The second-order valence-electron chi connectivity index (χ2n) is 7.41. The van der Waals surface area contributed by atoms with Crippen molar-refractivity contribution in [3.8, 4) is 11.5 Å². The quantitative estimate of drug-likeness (QED) is 0.604. The van der Waals surface area contributed by atoms with Gasteiger partial charge in [0.2, 0.25) is 0 Å². The zero-order valence-corrected chi connectivity index (χ0v) is 17.9. The van der Waals surface area contributed by atoms with E-state index in [2.05, 4.69) is 11.4 Å². The zero-order chi connectivity index (χ0) is 21.5. The Morgan fingerprint density at radius 3 is 2.43 bits per heavy atom. The molecule has 0 aliphatic heterocycles. The van der Waals surface area contributed by atoms with Gasteiger partial charge in [-0.3, -0.25) is 4.79 Å². The minimum absolute atomic E-state index is 0.0782. The number of hydrogen-bond donors (Lipinski definition) is 2. The van der Waals surface area contributed by atoms with E-state index in [1.807, 2.05) is 80.7 Å². The van der Waals surface area contributed by atoms with Crippen LogP contribution in [-0.2, 0) is 11.3 Å². The molecule has 30 heavy (non-hydrogen) atoms. The summed E-state index contributed by atoms with van der Waals surface area (Å²) < 4.78 is 10.8. The van der Waals surface area contributed by atoms with E-state index < -0.39 is 0 Å². The van der Waals surface area contributed by atoms with Crippen molar-refractivity contribution in [3.05, 3.63) is 89.5 Å². The molecule has 5 nitrogen and oxygen atoms in total. The van der Waals surface area contributed by atoms with Crippen LogP contribution in [0, 0.1) is 6.92 Å². The number of carbonyl (C=O) groups excluding carboxylic acids is 1. The Kier molecular flexibility index (Phi) is 7.09. The Hall–Kier alpha value is -3.31. The van der Waals surface area contributed by atoms with Gasteiger partial charge in [-0.2, -0.15) is 0 Å². The maximum Gasteiger partial charge on any atom is 0.287 e. The zero-order valence-electron chi connectivity index (χ0n) is 17.9. The topological polar surface area (TPSA) is 52.0 Å². The molecular formula is C25H29N2O3+. The number of methoxy groups -OCH3 is 2. The summed E-state index contributed by atoms with van der Waals surface area (Å²) in [6.07, 6.45) is 0. The molecule has 0 bridgehead atoms. The highest BCUT2D eigenvalue weighted by atomic mass is 16.5. The van der Waals surface area contributed by atoms with Crippen molar-refractivity contribution >= 4 is 11.6 Å². The predicted octanol–water partition coefficient (Wildman–Crippen LogP) is 3.41. The van der Waals surface area contributed by atoms with Gasteiger partial charge in [-0.05, 0) is 36.8 Å². The average Bonchev–Trinajstić information content (AvgIpc) is 2.75. The number of aryl methyl sites for hydroxylation is 1. The summed E-state index contributed by atoms with van der Waals surface area (Å²) in [7, 11) is 5.30. The highest BCUT2D eigenvalue weighted by molar-refractivity contribution is 5.96. The summed E-state index contributed by atoms with van der Waals surface area (Å²) in [6, 6.07) is 23.2. The van der Waals surface area contributed by atoms with Crippen LogP contribution < -0.4 is 19.7 Å². The van der Waals surface area contributed by atoms with Gasteiger partial charge in [0, 0.05) is 11.1 Å². The van der Waals surface area contributed by atoms with Crippen LogP contribution in [0.3, 0.4) is 0 Å². The standard InChI is InChI=1S/C25H28N2O3/c1-18-13-14-23(30-4)22(15-18)26-25(28)24(20-10-6-5-7-11-20)27(2)17-19-9-8-12-21(16-19)29-3/h5-16,24H,17H2,1-4H3,(H,26,28)/p+1/t24-/m0/s1. The van der Waals surface area contributed by atoms with Crippen LogP contribution in [0.15, 0.2) is 72.8 Å². The minimum atomic E-state index is -0.386. The summed E-state index contributed by atoms with van der Waals surface area (Å²) in [5.74, 6) is 1.38. The fourth-order valence-corrected chi connectivity index (χ4v) is 3.64. The second-order valence-corrected chi connectivity index (χ2v) is 7.41. The van der Waals surface area contributed by atoms with Gasteiger partial charge in [0.05, 0.1) is 27.0 Å². The number of amides is 1. The molecule has 0 spiro atoms. The Morgan fingerprint density at radius 2 is 1.73 bits per heavy atom. The summed E-state index contributed by atoms with van der Waals surface area (Å²) in [5.41, 5.74) is 3.80. The highest BCUT2D eigenvalue weighted by Gasteiger charge is 2.30. The lowest BCUT2D eigenvalue weighted by molar-refractivity contribution is -0.915. The van der Waals surface area contributed by atoms with E-state index >= 15 is 0 Å². The maximum atomic E-state index is 13.4. The first kappa shape index (κ1) is 21.4. The normalized spacial score (nSPS) is 12.7. The number of likely N-dealkylation sites (N-methyl/N-ethyl adjacent to an activating group) is 1. The van der Waals surface area contributed by atoms with Crippen molar-refractivity contribution in [3.63, 3.8) is 0 Å². The molecule has 5 heteroatoms. The van der Waals surface area contributed by atoms with E-state index in [-0.39, 0.29) is 11.9 Å². The summed E-state index contributed by atoms with van der Waals surface area (Å²) >= 11 is 0. The van der Waals surface area contributed by atoms with Crippen LogP contribution in [0.25, 0.3) is 0 Å². The molecule has 0 fully saturated rings. The molecule has 1 amide bonds. The molecule has 0 radical (unpaired) electrons. The fourth-order valence-electron chi connectivity index (χ4n) is 3.64. The van der Waals surface area contributed by atoms with Crippen LogP contribution in [0.4, 0.5) is 5.69 Å². The van der Waals surface area contributed by atoms with Crippen LogP contribution in [0.1, 0.15) is 22.7 Å². The first-order valence-corrected chi connectivity index (χ1v) is 9.97. The van der Waals surface area contributed by atoms with Crippen LogP contribution in [0.5, 0.6) is 11.5 Å². The van der Waals surface area contributed by atoms with E-state index in [1.54, 1.807) is 14.2 Å². The Labute approximate surface area is 178 Å². The smallest absolute Gasteiger partial charge is 0.287 e. The van der Waals surface area contributed by atoms with Crippen LogP contribution in [0.2, 0.25) is 0 Å². The molecule has 0 aliphatic rings. The summed E-state index contributed by atoms with van der Waals surface area (Å²) in [6.45, 7) is 2.67. The lowest BCUT2D eigenvalue weighted by Gasteiger charge is -2.25. The molecule has 0 aromatic heterocycles. The van der Waals surface area contributed by atoms with Gasteiger partial charge >= 0.3 is 0 Å². The predicted molar refractivity (Wildman–Crippen MR) is 119 cm³/mol. The van der Waals surface area contributed by atoms with Crippen LogP contribution >= 0.6 is 0 Å². The molecule has 3 aromatic carbocycles. The van der Waals surface area contributed by atoms with Crippen molar-refractivity contribution < 1.29 is 19.2 Å². The third-order valence-electron chi connectivity index (χ3n) is 5.12. The third-order valence-corrected chi connectivity index (χ3v) is 5.12. The number of ether oxygens (including phenoxy) is 2. The highest BCUT2D eigenvalue weighted by Crippen LogP contribution is 2.26. The Morgan fingerprint density at radius 1 is 0.967 bits per heavy atom. The minimum Gasteiger partial charge on any atom is -0.497 e. The molecule has 0 heterocycles. The molecule has 156 valence electrons. The Balaban J connectivity index is 1.89. The SMILES string of the molecule is COc1cccc(C[NH+](C)[C@H](C(=O)Nc2cc(C)ccc2OC)c2ccccc2)c1. The monoisotopic (exact) mass is 405 g/mol. The molecule has 0 saturated carbocycles. The van der Waals surface area contributed by atoms with E-state index in [0.29, 0.717) is 18.0 Å². The van der Waals surface area contributed by atoms with Crippen molar-refractivity contribution in [1.82, 2.24) is 0 Å². The van der Waals surface area contributed by atoms with E-state index in [9.17, 15) is 4.79 Å². The number of hydrogen-bond acceptors (Lipinski definition) is 3. The molecule has 3 rings (SSSR count). The van der Waals surface area contributed by atoms with E-state index in [1.165, 1.54) is 0 Å². The molecule has 3 aromatic rings. The van der Waals surface area contributed by atoms with E-state index in [4.69, 9.17) is 9.47 Å². The average molecular weight is 406 g/mol. The summed E-state index contributed by atoms with van der Waals surface area (Å²) in [5, 5.41) is 3.08. The third kappa shape index (κ3) is 5.19. The van der Waals surface area contributed by atoms with Crippen molar-refractivity contribution in [2.24, 2.45) is 0 Å². The number of anilines is 1. The molecule has 2 atom stereocenters. The second kappa shape index (κ2) is 9.94. The number of carbonyl (C=O) groups is 1. The number of nitrogens with one attached hydrogen (secondary N) is 2. The van der Waals surface area contributed by atoms with Gasteiger partial charge in [0.15, 0.2) is 6.04 Å². The Bertz CT molecular complexity index is 989. The van der Waals surface area contributed by atoms with Gasteiger partial charge < -0.3 is 19.7 Å². The fraction of sp³-hybridized carbons (Fsp3) is 0.240. The number of benzene rings is 3. The first-order chi connectivity index (χ1) is 14.5. The lowest BCUT2D eigenvalue weighted by atomic mass is 10.0. The van der Waals surface area contributed by atoms with Crippen molar-refractivity contribution in [2.45, 2.75) is 19.5 Å². The molecule has 2 N–H and O–H groups in total. The number of rotatable bonds is 8. The summed E-state index contributed by atoms with van der Waals surface area (Å²) in [4.78, 5) is 14.5. The maximum absolute atomic E-state index is 13.4. The molecule has 1 unspecified atom stereocenters. The van der Waals surface area contributed by atoms with Gasteiger partial charge in [-0.15, -0.1) is 0 Å². The molecule has 0 aliphatic carbocycles. The molecular weight excluding hydrogens is 376 g/mol. The van der Waals surface area contributed by atoms with Crippen LogP contribution in [-0.4, -0.2) is 27.2 Å². The van der Waals surface area contributed by atoms with E-state index in [0.717, 1.165) is 27.3 Å². The largest absolute Gasteiger partial charge is 0.497 e. The first-order valence-electron chi connectivity index (χ1n) is 9.97. The van der Waals surface area contributed by atoms with Gasteiger partial charge in [-0.25, -0.2) is 0 Å². The van der Waals surface area contributed by atoms with Gasteiger partial charge in [0.25, 0.3) is 5.91 Å². The molecule has 0 saturated heterocycles. The lowest BCUT2D eigenvalue weighted by Crippen LogP contribution is -3.09. The number of quaternary nitrogens is 1.